The quantitative estimate of drug-likeness (QED) is 0.414. The van der Waals surface area contributed by atoms with Gasteiger partial charge in [-0.2, -0.15) is 5.10 Å². The van der Waals surface area contributed by atoms with Gasteiger partial charge in [-0.25, -0.2) is 4.52 Å². The number of hydrogen-bond donors (Lipinski definition) is 1. The van der Waals surface area contributed by atoms with Crippen LogP contribution < -0.4 is 5.32 Å². The van der Waals surface area contributed by atoms with E-state index in [0.717, 1.165) is 22.5 Å². The molecule has 0 spiro atoms. The number of halogens is 1. The summed E-state index contributed by atoms with van der Waals surface area (Å²) in [5, 5.41) is 17.4. The van der Waals surface area contributed by atoms with E-state index in [4.69, 9.17) is 11.6 Å². The van der Waals surface area contributed by atoms with E-state index >= 15 is 0 Å². The average molecular weight is 435 g/mol. The van der Waals surface area contributed by atoms with E-state index in [1.54, 1.807) is 4.52 Å². The Hall–Kier alpha value is -3.36. The third-order valence-electron chi connectivity index (χ3n) is 4.52. The van der Waals surface area contributed by atoms with Crippen molar-refractivity contribution in [3.8, 4) is 11.3 Å². The maximum Gasteiger partial charge on any atom is 0.234 e. The summed E-state index contributed by atoms with van der Waals surface area (Å²) in [5.41, 5.74) is 4.06. The molecule has 0 aliphatic heterocycles. The lowest BCUT2D eigenvalue weighted by molar-refractivity contribution is -0.113. The van der Waals surface area contributed by atoms with Crippen LogP contribution in [-0.4, -0.2) is 35.9 Å². The highest BCUT2D eigenvalue weighted by Gasteiger charge is 2.14. The third kappa shape index (κ3) is 3.62. The summed E-state index contributed by atoms with van der Waals surface area (Å²) in [6.45, 7) is 0. The Morgan fingerprint density at radius 3 is 2.63 bits per heavy atom. The lowest BCUT2D eigenvalue weighted by Crippen LogP contribution is -2.14. The highest BCUT2D eigenvalue weighted by atomic mass is 35.5. The number of carbonyl (C=O) groups is 1. The number of carbonyl (C=O) groups excluding carboxylic acids is 1. The van der Waals surface area contributed by atoms with Gasteiger partial charge in [0, 0.05) is 28.7 Å². The number of para-hydroxylation sites is 1. The number of amides is 1. The van der Waals surface area contributed by atoms with Crippen molar-refractivity contribution in [2.24, 2.45) is 0 Å². The second-order valence-electron chi connectivity index (χ2n) is 6.54. The minimum absolute atomic E-state index is 0.0987. The standard InChI is InChI=1S/C21H15ClN6OS/c22-15-8-6-14(7-9-15)17-12-18-20-24-25-21(27(20)10-11-28(18)26-17)30-13-19(29)23-16-4-2-1-3-5-16/h1-12H,13H2,(H,23,29). The van der Waals surface area contributed by atoms with E-state index in [-0.39, 0.29) is 11.7 Å². The minimum Gasteiger partial charge on any atom is -0.325 e. The molecule has 5 rings (SSSR count). The van der Waals surface area contributed by atoms with Crippen molar-refractivity contribution in [1.82, 2.24) is 24.2 Å². The molecular weight excluding hydrogens is 420 g/mol. The molecule has 0 fully saturated rings. The van der Waals surface area contributed by atoms with Crippen LogP contribution in [0.15, 0.2) is 78.2 Å². The first-order chi connectivity index (χ1) is 14.7. The normalized spacial score (nSPS) is 11.2. The summed E-state index contributed by atoms with van der Waals surface area (Å²) in [5.74, 6) is 0.134. The van der Waals surface area contributed by atoms with Crippen molar-refractivity contribution in [3.63, 3.8) is 0 Å². The van der Waals surface area contributed by atoms with E-state index < -0.39 is 0 Å². The lowest BCUT2D eigenvalue weighted by atomic mass is 10.1. The van der Waals surface area contributed by atoms with Gasteiger partial charge in [0.2, 0.25) is 5.91 Å². The van der Waals surface area contributed by atoms with Crippen molar-refractivity contribution in [2.45, 2.75) is 5.16 Å². The molecule has 0 aliphatic rings. The number of anilines is 1. The number of aromatic nitrogens is 5. The molecule has 0 saturated carbocycles. The molecule has 5 aromatic rings. The Labute approximate surface area is 180 Å². The highest BCUT2D eigenvalue weighted by molar-refractivity contribution is 7.99. The van der Waals surface area contributed by atoms with Crippen LogP contribution in [0.2, 0.25) is 5.02 Å². The Bertz CT molecular complexity index is 1350. The Morgan fingerprint density at radius 2 is 1.83 bits per heavy atom. The van der Waals surface area contributed by atoms with Gasteiger partial charge in [-0.1, -0.05) is 53.7 Å². The summed E-state index contributed by atoms with van der Waals surface area (Å²) in [6, 6.07) is 18.9. The van der Waals surface area contributed by atoms with Gasteiger partial charge in [-0.05, 0) is 30.3 Å². The van der Waals surface area contributed by atoms with Gasteiger partial charge >= 0.3 is 0 Å². The maximum atomic E-state index is 12.2. The lowest BCUT2D eigenvalue weighted by Gasteiger charge is -2.04. The minimum atomic E-state index is -0.0987. The van der Waals surface area contributed by atoms with Crippen molar-refractivity contribution in [2.75, 3.05) is 11.1 Å². The van der Waals surface area contributed by atoms with Crippen molar-refractivity contribution < 1.29 is 4.79 Å². The maximum absolute atomic E-state index is 12.2. The first kappa shape index (κ1) is 18.7. The molecule has 7 nitrogen and oxygen atoms in total. The van der Waals surface area contributed by atoms with E-state index in [9.17, 15) is 4.79 Å². The second kappa shape index (κ2) is 7.81. The zero-order chi connectivity index (χ0) is 20.5. The highest BCUT2D eigenvalue weighted by Crippen LogP contribution is 2.25. The number of hydrogen-bond acceptors (Lipinski definition) is 5. The summed E-state index contributed by atoms with van der Waals surface area (Å²) in [7, 11) is 0. The summed E-state index contributed by atoms with van der Waals surface area (Å²) < 4.78 is 3.63. The predicted molar refractivity (Wildman–Crippen MR) is 118 cm³/mol. The zero-order valence-corrected chi connectivity index (χ0v) is 17.1. The average Bonchev–Trinajstić information content (AvgIpc) is 3.37. The molecule has 2 aromatic carbocycles. The molecule has 0 unspecified atom stereocenters. The molecule has 148 valence electrons. The molecule has 0 aliphatic carbocycles. The van der Waals surface area contributed by atoms with Crippen molar-refractivity contribution >= 4 is 46.1 Å². The molecule has 9 heteroatoms. The summed E-state index contributed by atoms with van der Waals surface area (Å²) in [6.07, 6.45) is 3.69. The van der Waals surface area contributed by atoms with Crippen LogP contribution in [0.5, 0.6) is 0 Å². The molecule has 0 bridgehead atoms. The van der Waals surface area contributed by atoms with Crippen LogP contribution in [0.25, 0.3) is 22.4 Å². The molecule has 0 radical (unpaired) electrons. The van der Waals surface area contributed by atoms with Gasteiger partial charge in [0.05, 0.1) is 11.4 Å². The van der Waals surface area contributed by atoms with Gasteiger partial charge in [0.25, 0.3) is 0 Å². The van der Waals surface area contributed by atoms with Crippen molar-refractivity contribution in [3.05, 3.63) is 78.1 Å². The van der Waals surface area contributed by atoms with Gasteiger partial charge in [-0.3, -0.25) is 9.20 Å². The van der Waals surface area contributed by atoms with Crippen LogP contribution >= 0.6 is 23.4 Å². The first-order valence-corrected chi connectivity index (χ1v) is 10.5. The number of nitrogens with zero attached hydrogens (tertiary/aromatic N) is 5. The Balaban J connectivity index is 1.39. The number of thioether (sulfide) groups is 1. The molecule has 0 saturated heterocycles. The Morgan fingerprint density at radius 1 is 1.03 bits per heavy atom. The number of nitrogens with one attached hydrogen (secondary N) is 1. The largest absolute Gasteiger partial charge is 0.325 e. The summed E-state index contributed by atoms with van der Waals surface area (Å²) in [4.78, 5) is 12.2. The van der Waals surface area contributed by atoms with E-state index in [2.05, 4.69) is 20.6 Å². The predicted octanol–water partition coefficient (Wildman–Crippen LogP) is 4.43. The number of fused-ring (bicyclic) bond motifs is 3. The number of rotatable bonds is 5. The van der Waals surface area contributed by atoms with Gasteiger partial charge in [0.1, 0.15) is 5.52 Å². The van der Waals surface area contributed by atoms with E-state index in [1.165, 1.54) is 11.8 Å². The van der Waals surface area contributed by atoms with Crippen LogP contribution in [-0.2, 0) is 4.79 Å². The molecule has 1 N–H and O–H groups in total. The van der Waals surface area contributed by atoms with E-state index in [0.29, 0.717) is 15.8 Å². The molecule has 3 heterocycles. The molecule has 3 aromatic heterocycles. The third-order valence-corrected chi connectivity index (χ3v) is 5.71. The molecule has 0 atom stereocenters. The van der Waals surface area contributed by atoms with Gasteiger partial charge in [0.15, 0.2) is 10.8 Å². The van der Waals surface area contributed by atoms with Crippen LogP contribution in [0.3, 0.4) is 0 Å². The smallest absolute Gasteiger partial charge is 0.234 e. The topological polar surface area (TPSA) is 76.6 Å². The van der Waals surface area contributed by atoms with E-state index in [1.807, 2.05) is 77.5 Å². The monoisotopic (exact) mass is 434 g/mol. The van der Waals surface area contributed by atoms with Gasteiger partial charge in [-0.15, -0.1) is 10.2 Å². The SMILES string of the molecule is O=C(CSc1nnc2c3cc(-c4ccc(Cl)cc4)nn3ccn12)Nc1ccccc1. The molecule has 30 heavy (non-hydrogen) atoms. The first-order valence-electron chi connectivity index (χ1n) is 9.14. The molecule has 1 amide bonds. The van der Waals surface area contributed by atoms with Gasteiger partial charge < -0.3 is 5.32 Å². The fraction of sp³-hybridized carbons (Fsp3) is 0.0476. The summed E-state index contributed by atoms with van der Waals surface area (Å²) >= 11 is 7.31. The number of benzene rings is 2. The van der Waals surface area contributed by atoms with Crippen molar-refractivity contribution in [1.29, 1.82) is 0 Å². The molecular formula is C21H15ClN6OS. The van der Waals surface area contributed by atoms with Crippen LogP contribution in [0.4, 0.5) is 5.69 Å². The van der Waals surface area contributed by atoms with Crippen LogP contribution in [0, 0.1) is 0 Å². The Kier molecular flexibility index (Phi) is 4.86. The van der Waals surface area contributed by atoms with Crippen LogP contribution in [0.1, 0.15) is 0 Å². The fourth-order valence-corrected chi connectivity index (χ4v) is 3.94. The fourth-order valence-electron chi connectivity index (χ4n) is 3.10. The second-order valence-corrected chi connectivity index (χ2v) is 7.92. The zero-order valence-electron chi connectivity index (χ0n) is 15.6.